The van der Waals surface area contributed by atoms with E-state index in [9.17, 15) is 9.90 Å². The molecular formula is C14H19NO2. The maximum atomic E-state index is 11.2. The van der Waals surface area contributed by atoms with E-state index in [-0.39, 0.29) is 11.8 Å². The van der Waals surface area contributed by atoms with Crippen LogP contribution in [0.4, 0.5) is 0 Å². The van der Waals surface area contributed by atoms with Crippen LogP contribution >= 0.6 is 0 Å². The smallest absolute Gasteiger partial charge is 0.306 e. The highest BCUT2D eigenvalue weighted by Crippen LogP contribution is 2.35. The molecule has 0 amide bonds. The molecule has 1 aliphatic rings. The summed E-state index contributed by atoms with van der Waals surface area (Å²) in [6, 6.07) is 3.95. The van der Waals surface area contributed by atoms with Gasteiger partial charge in [-0.3, -0.25) is 9.78 Å². The van der Waals surface area contributed by atoms with E-state index >= 15 is 0 Å². The monoisotopic (exact) mass is 233 g/mol. The number of carboxylic acids is 1. The molecule has 92 valence electrons. The number of nitrogens with zero attached hydrogens (tertiary/aromatic N) is 1. The summed E-state index contributed by atoms with van der Waals surface area (Å²) in [6.45, 7) is 2.22. The van der Waals surface area contributed by atoms with Crippen LogP contribution in [0.1, 0.15) is 31.7 Å². The Hall–Kier alpha value is -1.38. The number of carboxylic acid groups (broad SMARTS) is 1. The van der Waals surface area contributed by atoms with Crippen LogP contribution in [-0.4, -0.2) is 16.1 Å². The molecule has 2 rings (SSSR count). The second-order valence-electron chi connectivity index (χ2n) is 5.19. The van der Waals surface area contributed by atoms with Crippen LogP contribution in [0.3, 0.4) is 0 Å². The fourth-order valence-corrected chi connectivity index (χ4v) is 2.87. The SMILES string of the molecule is CC1CCC(C(=O)O)C(Cc2cccnc2)C1. The van der Waals surface area contributed by atoms with Gasteiger partial charge in [-0.1, -0.05) is 13.0 Å². The largest absolute Gasteiger partial charge is 0.481 e. The lowest BCUT2D eigenvalue weighted by Gasteiger charge is -2.32. The third kappa shape index (κ3) is 3.05. The van der Waals surface area contributed by atoms with Gasteiger partial charge in [0.15, 0.2) is 0 Å². The Bertz CT molecular complexity index is 377. The molecule has 1 fully saturated rings. The average Bonchev–Trinajstić information content (AvgIpc) is 2.30. The molecular weight excluding hydrogens is 214 g/mol. The van der Waals surface area contributed by atoms with Crippen molar-refractivity contribution in [2.45, 2.75) is 32.6 Å². The molecule has 0 spiro atoms. The van der Waals surface area contributed by atoms with Crippen LogP contribution in [-0.2, 0) is 11.2 Å². The molecule has 1 heterocycles. The first kappa shape index (κ1) is 12.1. The minimum atomic E-state index is -0.634. The summed E-state index contributed by atoms with van der Waals surface area (Å²) in [5.41, 5.74) is 1.15. The Morgan fingerprint density at radius 3 is 3.00 bits per heavy atom. The van der Waals surface area contributed by atoms with Gasteiger partial charge in [-0.05, 0) is 49.1 Å². The first-order valence-corrected chi connectivity index (χ1v) is 6.28. The number of hydrogen-bond donors (Lipinski definition) is 1. The van der Waals surface area contributed by atoms with Gasteiger partial charge in [-0.15, -0.1) is 0 Å². The van der Waals surface area contributed by atoms with Crippen LogP contribution in [0.2, 0.25) is 0 Å². The van der Waals surface area contributed by atoms with Gasteiger partial charge in [0, 0.05) is 12.4 Å². The van der Waals surface area contributed by atoms with Crippen molar-refractivity contribution in [1.82, 2.24) is 4.98 Å². The van der Waals surface area contributed by atoms with Crippen LogP contribution in [0.15, 0.2) is 24.5 Å². The van der Waals surface area contributed by atoms with Crippen molar-refractivity contribution >= 4 is 5.97 Å². The van der Waals surface area contributed by atoms with Crippen LogP contribution < -0.4 is 0 Å². The van der Waals surface area contributed by atoms with E-state index in [1.165, 1.54) is 0 Å². The normalized spacial score (nSPS) is 28.9. The van der Waals surface area contributed by atoms with Gasteiger partial charge >= 0.3 is 5.97 Å². The van der Waals surface area contributed by atoms with E-state index in [0.29, 0.717) is 5.92 Å². The Kier molecular flexibility index (Phi) is 3.77. The summed E-state index contributed by atoms with van der Waals surface area (Å²) in [5.74, 6) is 0.102. The minimum Gasteiger partial charge on any atom is -0.481 e. The fraction of sp³-hybridized carbons (Fsp3) is 0.571. The Morgan fingerprint density at radius 2 is 2.35 bits per heavy atom. The molecule has 3 atom stereocenters. The van der Waals surface area contributed by atoms with E-state index in [4.69, 9.17) is 0 Å². The Labute approximate surface area is 102 Å². The number of carbonyl (C=O) groups is 1. The molecule has 0 aliphatic heterocycles. The molecule has 0 aromatic carbocycles. The maximum Gasteiger partial charge on any atom is 0.306 e. The van der Waals surface area contributed by atoms with Gasteiger partial charge in [-0.25, -0.2) is 0 Å². The third-order valence-corrected chi connectivity index (χ3v) is 3.78. The van der Waals surface area contributed by atoms with E-state index in [0.717, 1.165) is 31.2 Å². The zero-order valence-electron chi connectivity index (χ0n) is 10.2. The highest BCUT2D eigenvalue weighted by Gasteiger charge is 2.33. The molecule has 1 aliphatic carbocycles. The summed E-state index contributed by atoms with van der Waals surface area (Å²) in [7, 11) is 0. The van der Waals surface area contributed by atoms with E-state index in [1.807, 2.05) is 18.3 Å². The molecule has 1 aromatic rings. The van der Waals surface area contributed by atoms with Crippen molar-refractivity contribution in [1.29, 1.82) is 0 Å². The molecule has 3 unspecified atom stereocenters. The summed E-state index contributed by atoms with van der Waals surface area (Å²) in [6.07, 6.45) is 7.32. The zero-order chi connectivity index (χ0) is 12.3. The number of aromatic nitrogens is 1. The number of hydrogen-bond acceptors (Lipinski definition) is 2. The molecule has 1 N–H and O–H groups in total. The standard InChI is InChI=1S/C14H19NO2/c1-10-4-5-13(14(16)17)12(7-10)8-11-3-2-6-15-9-11/h2-3,6,9-10,12-13H,4-5,7-8H2,1H3,(H,16,17). The second kappa shape index (κ2) is 5.30. The van der Waals surface area contributed by atoms with Gasteiger partial charge in [0.1, 0.15) is 0 Å². The van der Waals surface area contributed by atoms with Crippen LogP contribution in [0.5, 0.6) is 0 Å². The van der Waals surface area contributed by atoms with Crippen molar-refractivity contribution < 1.29 is 9.90 Å². The first-order valence-electron chi connectivity index (χ1n) is 6.28. The summed E-state index contributed by atoms with van der Waals surface area (Å²) >= 11 is 0. The van der Waals surface area contributed by atoms with Gasteiger partial charge in [0.25, 0.3) is 0 Å². The van der Waals surface area contributed by atoms with Crippen molar-refractivity contribution in [2.75, 3.05) is 0 Å². The topological polar surface area (TPSA) is 50.2 Å². The molecule has 0 radical (unpaired) electrons. The maximum absolute atomic E-state index is 11.2. The molecule has 1 aromatic heterocycles. The van der Waals surface area contributed by atoms with Crippen LogP contribution in [0.25, 0.3) is 0 Å². The highest BCUT2D eigenvalue weighted by atomic mass is 16.4. The molecule has 1 saturated carbocycles. The summed E-state index contributed by atoms with van der Waals surface area (Å²) in [4.78, 5) is 15.3. The van der Waals surface area contributed by atoms with Gasteiger partial charge in [0.05, 0.1) is 5.92 Å². The molecule has 0 saturated heterocycles. The summed E-state index contributed by atoms with van der Waals surface area (Å²) < 4.78 is 0. The number of aliphatic carboxylic acids is 1. The van der Waals surface area contributed by atoms with Crippen molar-refractivity contribution in [3.8, 4) is 0 Å². The quantitative estimate of drug-likeness (QED) is 0.873. The molecule has 17 heavy (non-hydrogen) atoms. The second-order valence-corrected chi connectivity index (χ2v) is 5.19. The predicted molar refractivity (Wildman–Crippen MR) is 65.6 cm³/mol. The lowest BCUT2D eigenvalue weighted by Crippen LogP contribution is -2.31. The zero-order valence-corrected chi connectivity index (χ0v) is 10.2. The van der Waals surface area contributed by atoms with Crippen molar-refractivity contribution in [2.24, 2.45) is 17.8 Å². The lowest BCUT2D eigenvalue weighted by atomic mass is 9.72. The Balaban J connectivity index is 2.08. The minimum absolute atomic E-state index is 0.175. The van der Waals surface area contributed by atoms with Crippen LogP contribution in [0, 0.1) is 17.8 Å². The number of pyridine rings is 1. The molecule has 3 nitrogen and oxygen atoms in total. The van der Waals surface area contributed by atoms with Gasteiger partial charge in [-0.2, -0.15) is 0 Å². The molecule has 3 heteroatoms. The predicted octanol–water partition coefficient (Wildman–Crippen LogP) is 2.76. The fourth-order valence-electron chi connectivity index (χ4n) is 2.87. The first-order chi connectivity index (χ1) is 8.16. The van der Waals surface area contributed by atoms with Crippen molar-refractivity contribution in [3.63, 3.8) is 0 Å². The van der Waals surface area contributed by atoms with Gasteiger partial charge < -0.3 is 5.11 Å². The summed E-state index contributed by atoms with van der Waals surface area (Å²) in [5, 5.41) is 9.26. The molecule has 0 bridgehead atoms. The van der Waals surface area contributed by atoms with E-state index < -0.39 is 5.97 Å². The number of rotatable bonds is 3. The van der Waals surface area contributed by atoms with Crippen molar-refractivity contribution in [3.05, 3.63) is 30.1 Å². The van der Waals surface area contributed by atoms with Gasteiger partial charge in [0.2, 0.25) is 0 Å². The third-order valence-electron chi connectivity index (χ3n) is 3.78. The highest BCUT2D eigenvalue weighted by molar-refractivity contribution is 5.70. The lowest BCUT2D eigenvalue weighted by molar-refractivity contribution is -0.145. The average molecular weight is 233 g/mol. The van der Waals surface area contributed by atoms with E-state index in [1.54, 1.807) is 6.20 Å². The van der Waals surface area contributed by atoms with E-state index in [2.05, 4.69) is 11.9 Å². The Morgan fingerprint density at radius 1 is 1.53 bits per heavy atom.